The van der Waals surface area contributed by atoms with Gasteiger partial charge < -0.3 is 0 Å². The number of nitrogens with zero attached hydrogens (tertiary/aromatic N) is 1. The number of alkyl halides is 3. The summed E-state index contributed by atoms with van der Waals surface area (Å²) in [6.45, 7) is 4.88. The third-order valence-corrected chi connectivity index (χ3v) is 4.03. The molecule has 1 saturated carbocycles. The molecule has 2 bridgehead atoms. The van der Waals surface area contributed by atoms with E-state index in [-0.39, 0.29) is 5.41 Å². The second-order valence-corrected chi connectivity index (χ2v) is 5.26. The average molecular weight is 207 g/mol. The lowest BCUT2D eigenvalue weighted by molar-refractivity contribution is -0.178. The largest absolute Gasteiger partial charge is 0.401 e. The molecule has 0 aromatic rings. The van der Waals surface area contributed by atoms with Crippen LogP contribution in [-0.2, 0) is 0 Å². The van der Waals surface area contributed by atoms with E-state index >= 15 is 0 Å². The predicted molar refractivity (Wildman–Crippen MR) is 47.9 cm³/mol. The van der Waals surface area contributed by atoms with E-state index in [0.717, 1.165) is 6.42 Å². The van der Waals surface area contributed by atoms with Crippen molar-refractivity contribution < 1.29 is 13.2 Å². The molecular weight excluding hydrogens is 191 g/mol. The van der Waals surface area contributed by atoms with E-state index in [2.05, 4.69) is 13.8 Å². The van der Waals surface area contributed by atoms with Gasteiger partial charge in [0, 0.05) is 13.1 Å². The van der Waals surface area contributed by atoms with Gasteiger partial charge in [-0.1, -0.05) is 13.8 Å². The van der Waals surface area contributed by atoms with Crippen LogP contribution in [0.1, 0.15) is 20.3 Å². The highest BCUT2D eigenvalue weighted by atomic mass is 19.4. The molecule has 3 rings (SSSR count). The minimum absolute atomic E-state index is 0.280. The summed E-state index contributed by atoms with van der Waals surface area (Å²) in [7, 11) is 0. The van der Waals surface area contributed by atoms with Crippen molar-refractivity contribution in [1.29, 1.82) is 0 Å². The molecule has 0 spiro atoms. The van der Waals surface area contributed by atoms with Gasteiger partial charge in [0.2, 0.25) is 0 Å². The molecule has 0 radical (unpaired) electrons. The summed E-state index contributed by atoms with van der Waals surface area (Å²) < 4.78 is 36.4. The van der Waals surface area contributed by atoms with Crippen molar-refractivity contribution in [3.8, 4) is 0 Å². The number of piperidine rings is 2. The summed E-state index contributed by atoms with van der Waals surface area (Å²) in [6.07, 6.45) is -2.91. The Labute approximate surface area is 82.3 Å². The van der Waals surface area contributed by atoms with Gasteiger partial charge in [0.1, 0.15) is 0 Å². The Kier molecular flexibility index (Phi) is 2.11. The van der Waals surface area contributed by atoms with Crippen LogP contribution in [0.4, 0.5) is 13.2 Å². The molecule has 14 heavy (non-hydrogen) atoms. The van der Waals surface area contributed by atoms with Crippen LogP contribution in [0.2, 0.25) is 0 Å². The molecule has 82 valence electrons. The Bertz CT molecular complexity index is 220. The summed E-state index contributed by atoms with van der Waals surface area (Å²) in [4.78, 5) is 1.56. The van der Waals surface area contributed by atoms with Crippen LogP contribution in [0.5, 0.6) is 0 Å². The van der Waals surface area contributed by atoms with Gasteiger partial charge in [0.25, 0.3) is 0 Å². The van der Waals surface area contributed by atoms with Crippen molar-refractivity contribution in [1.82, 2.24) is 4.90 Å². The number of rotatable bonds is 1. The first kappa shape index (κ1) is 10.3. The van der Waals surface area contributed by atoms with Crippen molar-refractivity contribution in [3.05, 3.63) is 0 Å². The Morgan fingerprint density at radius 1 is 1.21 bits per heavy atom. The molecule has 3 aliphatic rings. The second kappa shape index (κ2) is 2.87. The minimum atomic E-state index is -4.03. The van der Waals surface area contributed by atoms with E-state index < -0.39 is 12.7 Å². The maximum absolute atomic E-state index is 12.1. The lowest BCUT2D eigenvalue weighted by Crippen LogP contribution is -2.61. The van der Waals surface area contributed by atoms with Gasteiger partial charge in [-0.3, -0.25) is 4.90 Å². The highest BCUT2D eigenvalue weighted by Gasteiger charge is 2.53. The topological polar surface area (TPSA) is 3.24 Å². The van der Waals surface area contributed by atoms with Gasteiger partial charge in [0.15, 0.2) is 0 Å². The van der Waals surface area contributed by atoms with Gasteiger partial charge >= 0.3 is 6.18 Å². The molecule has 1 aliphatic carbocycles. The molecule has 4 heteroatoms. The third kappa shape index (κ3) is 1.64. The summed E-state index contributed by atoms with van der Waals surface area (Å²) in [5.74, 6) is 0.951. The molecule has 0 amide bonds. The fraction of sp³-hybridized carbons (Fsp3) is 1.00. The van der Waals surface area contributed by atoms with E-state index in [4.69, 9.17) is 0 Å². The van der Waals surface area contributed by atoms with Crippen molar-refractivity contribution >= 4 is 0 Å². The SMILES string of the molecule is CC1(C)C2CC1CN(CC(F)(F)F)C2. The number of fused-ring (bicyclic) bond motifs is 2. The lowest BCUT2D eigenvalue weighted by Gasteiger charge is -2.59. The van der Waals surface area contributed by atoms with Gasteiger partial charge in [-0.05, 0) is 23.7 Å². The zero-order valence-electron chi connectivity index (χ0n) is 8.56. The Hall–Kier alpha value is -0.250. The van der Waals surface area contributed by atoms with Crippen LogP contribution < -0.4 is 0 Å². The highest BCUT2D eigenvalue weighted by Crippen LogP contribution is 2.54. The molecule has 2 aliphatic heterocycles. The summed E-state index contributed by atoms with van der Waals surface area (Å²) in [6, 6.07) is 0. The van der Waals surface area contributed by atoms with E-state index in [1.807, 2.05) is 0 Å². The summed E-state index contributed by atoms with van der Waals surface area (Å²) in [5, 5.41) is 0. The van der Waals surface area contributed by atoms with Gasteiger partial charge in [-0.2, -0.15) is 13.2 Å². The molecular formula is C10H16F3N. The van der Waals surface area contributed by atoms with Crippen molar-refractivity contribution in [3.63, 3.8) is 0 Å². The number of halogens is 3. The molecule has 0 N–H and O–H groups in total. The van der Waals surface area contributed by atoms with Crippen LogP contribution in [-0.4, -0.2) is 30.7 Å². The molecule has 2 atom stereocenters. The lowest BCUT2D eigenvalue weighted by atomic mass is 9.52. The van der Waals surface area contributed by atoms with Crippen molar-refractivity contribution in [2.24, 2.45) is 17.3 Å². The van der Waals surface area contributed by atoms with E-state index in [1.165, 1.54) is 0 Å². The Morgan fingerprint density at radius 2 is 1.71 bits per heavy atom. The standard InChI is InChI=1S/C10H16F3N/c1-9(2)7-3-8(9)5-14(4-7)6-10(11,12)13/h7-8H,3-6H2,1-2H3. The normalized spacial score (nSPS) is 36.6. The number of hydrogen-bond acceptors (Lipinski definition) is 1. The first-order valence-corrected chi connectivity index (χ1v) is 5.08. The number of hydrogen-bond donors (Lipinski definition) is 0. The van der Waals surface area contributed by atoms with Gasteiger partial charge in [0.05, 0.1) is 6.54 Å². The fourth-order valence-corrected chi connectivity index (χ4v) is 2.82. The Balaban J connectivity index is 1.91. The molecule has 0 aromatic carbocycles. The summed E-state index contributed by atoms with van der Waals surface area (Å²) in [5.41, 5.74) is 0.280. The molecule has 1 nitrogen and oxygen atoms in total. The molecule has 2 saturated heterocycles. The minimum Gasteiger partial charge on any atom is -0.294 e. The average Bonchev–Trinajstić information content (AvgIpc) is 2.01. The van der Waals surface area contributed by atoms with Crippen LogP contribution in [0.15, 0.2) is 0 Å². The first-order chi connectivity index (χ1) is 6.29. The monoisotopic (exact) mass is 207 g/mol. The molecule has 3 fully saturated rings. The molecule has 0 aromatic heterocycles. The van der Waals surface area contributed by atoms with Crippen molar-refractivity contribution in [2.45, 2.75) is 26.4 Å². The fourth-order valence-electron chi connectivity index (χ4n) is 2.82. The van der Waals surface area contributed by atoms with E-state index in [0.29, 0.717) is 24.9 Å². The zero-order valence-corrected chi connectivity index (χ0v) is 8.56. The highest BCUT2D eigenvalue weighted by molar-refractivity contribution is 5.02. The van der Waals surface area contributed by atoms with Crippen molar-refractivity contribution in [2.75, 3.05) is 19.6 Å². The summed E-state index contributed by atoms with van der Waals surface area (Å²) >= 11 is 0. The van der Waals surface area contributed by atoms with Crippen LogP contribution in [0.25, 0.3) is 0 Å². The van der Waals surface area contributed by atoms with Crippen LogP contribution in [0, 0.1) is 17.3 Å². The predicted octanol–water partition coefficient (Wildman–Crippen LogP) is 2.53. The van der Waals surface area contributed by atoms with Crippen LogP contribution >= 0.6 is 0 Å². The maximum Gasteiger partial charge on any atom is 0.401 e. The maximum atomic E-state index is 12.1. The zero-order chi connectivity index (χ0) is 10.6. The van der Waals surface area contributed by atoms with E-state index in [9.17, 15) is 13.2 Å². The quantitative estimate of drug-likeness (QED) is 0.638. The van der Waals surface area contributed by atoms with Crippen LogP contribution in [0.3, 0.4) is 0 Å². The smallest absolute Gasteiger partial charge is 0.294 e. The third-order valence-electron chi connectivity index (χ3n) is 4.03. The first-order valence-electron chi connectivity index (χ1n) is 5.08. The molecule has 2 heterocycles. The second-order valence-electron chi connectivity index (χ2n) is 5.26. The van der Waals surface area contributed by atoms with Gasteiger partial charge in [-0.15, -0.1) is 0 Å². The van der Waals surface area contributed by atoms with Gasteiger partial charge in [-0.25, -0.2) is 0 Å². The van der Waals surface area contributed by atoms with E-state index in [1.54, 1.807) is 4.90 Å². The Morgan fingerprint density at radius 3 is 2.07 bits per heavy atom. The molecule has 2 unspecified atom stereocenters.